The number of ether oxygens (including phenoxy) is 1. The van der Waals surface area contributed by atoms with Crippen LogP contribution in [0.2, 0.25) is 0 Å². The Hall–Kier alpha value is -1.95. The third kappa shape index (κ3) is 3.29. The Labute approximate surface area is 110 Å². The highest BCUT2D eigenvalue weighted by atomic mass is 19.1. The fourth-order valence-electron chi connectivity index (χ4n) is 1.52. The van der Waals surface area contributed by atoms with Gasteiger partial charge in [-0.3, -0.25) is 0 Å². The summed E-state index contributed by atoms with van der Waals surface area (Å²) in [6.45, 7) is 3.48. The number of halogens is 1. The number of aromatic nitrogens is 2. The fraction of sp³-hybridized carbons (Fsp3) is 0.385. The van der Waals surface area contributed by atoms with Gasteiger partial charge in [0.2, 0.25) is 5.89 Å². The molecule has 0 fully saturated rings. The van der Waals surface area contributed by atoms with Crippen LogP contribution in [0, 0.1) is 5.82 Å². The number of hydrogen-bond acceptors (Lipinski definition) is 5. The van der Waals surface area contributed by atoms with Crippen LogP contribution in [0.4, 0.5) is 4.39 Å². The van der Waals surface area contributed by atoms with Gasteiger partial charge < -0.3 is 14.3 Å². The maximum absolute atomic E-state index is 13.7. The van der Waals surface area contributed by atoms with Crippen LogP contribution >= 0.6 is 0 Å². The van der Waals surface area contributed by atoms with Crippen LogP contribution in [-0.2, 0) is 13.0 Å². The summed E-state index contributed by atoms with van der Waals surface area (Å²) in [6, 6.07) is 4.31. The first-order chi connectivity index (χ1) is 9.10. The lowest BCUT2D eigenvalue weighted by Crippen LogP contribution is -1.99. The van der Waals surface area contributed by atoms with Crippen molar-refractivity contribution in [2.24, 2.45) is 0 Å². The summed E-state index contributed by atoms with van der Waals surface area (Å²) in [7, 11) is 0. The molecule has 1 N–H and O–H groups in total. The maximum atomic E-state index is 13.7. The molecule has 0 spiro atoms. The van der Waals surface area contributed by atoms with Gasteiger partial charge in [0, 0.05) is 6.42 Å². The first kappa shape index (κ1) is 13.5. The summed E-state index contributed by atoms with van der Waals surface area (Å²) in [6.07, 6.45) is -0.0728. The smallest absolute Gasteiger partial charge is 0.253 e. The predicted octanol–water partition coefficient (Wildman–Crippen LogP) is 2.40. The fourth-order valence-corrected chi connectivity index (χ4v) is 1.52. The molecule has 0 aliphatic rings. The van der Waals surface area contributed by atoms with E-state index in [2.05, 4.69) is 10.2 Å². The maximum Gasteiger partial charge on any atom is 0.253 e. The van der Waals surface area contributed by atoms with Crippen molar-refractivity contribution in [2.75, 3.05) is 0 Å². The van der Waals surface area contributed by atoms with Crippen LogP contribution < -0.4 is 4.74 Å². The second-order valence-corrected chi connectivity index (χ2v) is 4.10. The molecule has 0 radical (unpaired) electrons. The van der Waals surface area contributed by atoms with E-state index in [0.717, 1.165) is 0 Å². The molecule has 6 heteroatoms. The number of nitrogens with zero attached hydrogens (tertiary/aromatic N) is 2. The molecule has 0 saturated heterocycles. The second kappa shape index (κ2) is 5.79. The summed E-state index contributed by atoms with van der Waals surface area (Å²) in [5.41, 5.74) is 0.496. The molecule has 0 amide bonds. The third-order valence-electron chi connectivity index (χ3n) is 2.60. The van der Waals surface area contributed by atoms with Gasteiger partial charge in [0.25, 0.3) is 5.89 Å². The minimum Gasteiger partial charge on any atom is -0.481 e. The van der Waals surface area contributed by atoms with Crippen molar-refractivity contribution in [3.8, 4) is 5.75 Å². The molecule has 1 aromatic carbocycles. The average Bonchev–Trinajstić information content (AvgIpc) is 2.85. The second-order valence-electron chi connectivity index (χ2n) is 4.10. The summed E-state index contributed by atoms with van der Waals surface area (Å²) >= 11 is 0. The number of rotatable bonds is 5. The molecule has 0 aliphatic heterocycles. The van der Waals surface area contributed by atoms with Crippen LogP contribution in [0.5, 0.6) is 5.75 Å². The van der Waals surface area contributed by atoms with E-state index in [1.54, 1.807) is 13.0 Å². The largest absolute Gasteiger partial charge is 0.481 e. The lowest BCUT2D eigenvalue weighted by molar-refractivity contribution is 0.198. The highest BCUT2D eigenvalue weighted by molar-refractivity contribution is 5.30. The van der Waals surface area contributed by atoms with Crippen molar-refractivity contribution in [3.05, 3.63) is 41.4 Å². The van der Waals surface area contributed by atoms with Crippen LogP contribution in [-0.4, -0.2) is 15.3 Å². The van der Waals surface area contributed by atoms with Gasteiger partial charge in [-0.1, -0.05) is 13.0 Å². The van der Waals surface area contributed by atoms with Gasteiger partial charge in [-0.25, -0.2) is 4.39 Å². The van der Waals surface area contributed by atoms with Gasteiger partial charge in [0.15, 0.2) is 18.2 Å². The Morgan fingerprint density at radius 1 is 1.37 bits per heavy atom. The third-order valence-corrected chi connectivity index (χ3v) is 2.60. The Morgan fingerprint density at radius 2 is 2.11 bits per heavy atom. The molecule has 0 bridgehead atoms. The van der Waals surface area contributed by atoms with E-state index < -0.39 is 11.9 Å². The van der Waals surface area contributed by atoms with Gasteiger partial charge >= 0.3 is 0 Å². The minimum absolute atomic E-state index is 0.0119. The lowest BCUT2D eigenvalue weighted by atomic mass is 10.1. The molecule has 0 saturated carbocycles. The van der Waals surface area contributed by atoms with Gasteiger partial charge in [-0.15, -0.1) is 10.2 Å². The number of aliphatic hydroxyl groups excluding tert-OH is 1. The number of aliphatic hydroxyl groups is 1. The Morgan fingerprint density at radius 3 is 2.68 bits per heavy atom. The predicted molar refractivity (Wildman–Crippen MR) is 65.0 cm³/mol. The molecule has 1 heterocycles. The molecule has 1 aromatic heterocycles. The van der Waals surface area contributed by atoms with Crippen LogP contribution in [0.1, 0.15) is 37.3 Å². The van der Waals surface area contributed by atoms with Crippen molar-refractivity contribution >= 4 is 0 Å². The summed E-state index contributed by atoms with van der Waals surface area (Å²) in [5.74, 6) is 0.369. The van der Waals surface area contributed by atoms with E-state index in [-0.39, 0.29) is 12.4 Å². The molecule has 0 aliphatic carbocycles. The molecule has 2 aromatic rings. The summed E-state index contributed by atoms with van der Waals surface area (Å²) in [4.78, 5) is 0. The standard InChI is InChI=1S/C13H15FN2O3/c1-3-12-15-16-13(19-12)7-18-11-5-4-9(8(2)17)6-10(11)14/h4-6,8,17H,3,7H2,1-2H3/t8-/m1/s1. The first-order valence-corrected chi connectivity index (χ1v) is 6.01. The highest BCUT2D eigenvalue weighted by Gasteiger charge is 2.10. The molecule has 19 heavy (non-hydrogen) atoms. The van der Waals surface area contributed by atoms with E-state index in [9.17, 15) is 9.50 Å². The van der Waals surface area contributed by atoms with Crippen LogP contribution in [0.3, 0.4) is 0 Å². The van der Waals surface area contributed by atoms with Gasteiger partial charge in [0.05, 0.1) is 6.10 Å². The van der Waals surface area contributed by atoms with Crippen molar-refractivity contribution in [3.63, 3.8) is 0 Å². The quantitative estimate of drug-likeness (QED) is 0.900. The molecule has 2 rings (SSSR count). The molecule has 5 nitrogen and oxygen atoms in total. The number of hydrogen-bond donors (Lipinski definition) is 1. The zero-order valence-electron chi connectivity index (χ0n) is 10.8. The minimum atomic E-state index is -0.716. The summed E-state index contributed by atoms with van der Waals surface area (Å²) < 4.78 is 24.2. The first-order valence-electron chi connectivity index (χ1n) is 6.01. The van der Waals surface area contributed by atoms with E-state index in [1.807, 2.05) is 6.92 Å². The molecule has 1 atom stereocenters. The Balaban J connectivity index is 2.03. The van der Waals surface area contributed by atoms with Crippen molar-refractivity contribution in [1.82, 2.24) is 10.2 Å². The van der Waals surface area contributed by atoms with Gasteiger partial charge in [0.1, 0.15) is 0 Å². The zero-order valence-corrected chi connectivity index (χ0v) is 10.8. The van der Waals surface area contributed by atoms with Crippen LogP contribution in [0.15, 0.2) is 22.6 Å². The zero-order chi connectivity index (χ0) is 13.8. The topological polar surface area (TPSA) is 68.4 Å². The number of aryl methyl sites for hydroxylation is 1. The molecule has 0 unspecified atom stereocenters. The van der Waals surface area contributed by atoms with Crippen molar-refractivity contribution in [1.29, 1.82) is 0 Å². The molecular weight excluding hydrogens is 251 g/mol. The van der Waals surface area contributed by atoms with Gasteiger partial charge in [-0.05, 0) is 24.6 Å². The monoisotopic (exact) mass is 266 g/mol. The highest BCUT2D eigenvalue weighted by Crippen LogP contribution is 2.22. The van der Waals surface area contributed by atoms with E-state index in [0.29, 0.717) is 23.8 Å². The van der Waals surface area contributed by atoms with Gasteiger partial charge in [-0.2, -0.15) is 0 Å². The van der Waals surface area contributed by atoms with Crippen LogP contribution in [0.25, 0.3) is 0 Å². The average molecular weight is 266 g/mol. The van der Waals surface area contributed by atoms with E-state index >= 15 is 0 Å². The van der Waals surface area contributed by atoms with E-state index in [4.69, 9.17) is 9.15 Å². The summed E-state index contributed by atoms with van der Waals surface area (Å²) in [5, 5.41) is 16.9. The van der Waals surface area contributed by atoms with Crippen molar-refractivity contribution in [2.45, 2.75) is 33.0 Å². The van der Waals surface area contributed by atoms with E-state index in [1.165, 1.54) is 12.1 Å². The molecule has 102 valence electrons. The number of benzene rings is 1. The molecular formula is C13H15FN2O3. The Bertz CT molecular complexity index is 555. The normalized spacial score (nSPS) is 12.4. The SMILES string of the molecule is CCc1nnc(COc2ccc([C@@H](C)O)cc2F)o1. The lowest BCUT2D eigenvalue weighted by Gasteiger charge is -2.08. The van der Waals surface area contributed by atoms with Crippen molar-refractivity contribution < 1.29 is 18.7 Å². The Kier molecular flexibility index (Phi) is 4.11.